The molecule has 0 saturated heterocycles. The minimum Gasteiger partial charge on any atom is -0.492 e. The Hall–Kier alpha value is -1.31. The highest BCUT2D eigenvalue weighted by atomic mass is 32.2. The molecule has 0 heterocycles. The maximum Gasteiger partial charge on any atom is 0.215 e. The van der Waals surface area contributed by atoms with Crippen LogP contribution in [0.1, 0.15) is 6.92 Å². The Morgan fingerprint density at radius 2 is 2.10 bits per heavy atom. The lowest BCUT2D eigenvalue weighted by molar-refractivity contribution is 0.312. The summed E-state index contributed by atoms with van der Waals surface area (Å²) in [5.74, 6) is 0.490. The van der Waals surface area contributed by atoms with E-state index in [1.807, 2.05) is 25.9 Å². The second-order valence-electron chi connectivity index (χ2n) is 4.90. The highest BCUT2D eigenvalue weighted by Gasteiger charge is 2.13. The van der Waals surface area contributed by atoms with Crippen LogP contribution in [0.2, 0.25) is 0 Å². The quantitative estimate of drug-likeness (QED) is 0.684. The summed E-state index contributed by atoms with van der Waals surface area (Å²) in [6.45, 7) is 2.43. The van der Waals surface area contributed by atoms with E-state index in [-0.39, 0.29) is 18.4 Å². The van der Waals surface area contributed by atoms with Gasteiger partial charge in [-0.15, -0.1) is 0 Å². The van der Waals surface area contributed by atoms with Crippen LogP contribution in [0, 0.1) is 0 Å². The predicted molar refractivity (Wildman–Crippen MR) is 81.3 cm³/mol. The summed E-state index contributed by atoms with van der Waals surface area (Å²) in [5.41, 5.74) is 6.20. The second-order valence-corrected chi connectivity index (χ2v) is 6.83. The van der Waals surface area contributed by atoms with E-state index in [0.29, 0.717) is 18.0 Å². The number of nitrogens with two attached hydrogens (primary N) is 1. The van der Waals surface area contributed by atoms with Gasteiger partial charge in [-0.2, -0.15) is 0 Å². The zero-order valence-corrected chi connectivity index (χ0v) is 13.0. The van der Waals surface area contributed by atoms with Gasteiger partial charge in [0, 0.05) is 24.3 Å². The van der Waals surface area contributed by atoms with Crippen LogP contribution in [0.4, 0.5) is 5.69 Å². The van der Waals surface area contributed by atoms with Gasteiger partial charge in [0.2, 0.25) is 10.0 Å². The smallest absolute Gasteiger partial charge is 0.215 e. The Morgan fingerprint density at radius 3 is 2.70 bits per heavy atom. The number of anilines is 1. The first-order valence-corrected chi connectivity index (χ1v) is 8.07. The van der Waals surface area contributed by atoms with E-state index in [9.17, 15) is 8.42 Å². The maximum absolute atomic E-state index is 11.8. The largest absolute Gasteiger partial charge is 0.492 e. The highest BCUT2D eigenvalue weighted by Crippen LogP contribution is 2.14. The molecule has 1 unspecified atom stereocenters. The van der Waals surface area contributed by atoms with Crippen molar-refractivity contribution < 1.29 is 13.2 Å². The van der Waals surface area contributed by atoms with Crippen LogP contribution in [-0.2, 0) is 10.0 Å². The standard InChI is InChI=1S/C13H23N3O3S/c1-11(16(2)3)10-15-20(17,18)8-7-19-13-6-4-5-12(14)9-13/h4-6,9,11,15H,7-8,10,14H2,1-3H3. The van der Waals surface area contributed by atoms with E-state index < -0.39 is 10.0 Å². The fourth-order valence-corrected chi connectivity index (χ4v) is 2.32. The Bertz CT molecular complexity index is 517. The second kappa shape index (κ2) is 7.47. The van der Waals surface area contributed by atoms with Crippen LogP contribution in [0.5, 0.6) is 5.75 Å². The van der Waals surface area contributed by atoms with Crippen molar-refractivity contribution in [2.45, 2.75) is 13.0 Å². The summed E-state index contributed by atoms with van der Waals surface area (Å²) in [4.78, 5) is 1.95. The molecule has 0 aromatic heterocycles. The molecule has 0 bridgehead atoms. The molecule has 0 spiro atoms. The highest BCUT2D eigenvalue weighted by molar-refractivity contribution is 7.89. The number of sulfonamides is 1. The number of nitrogens with zero attached hydrogens (tertiary/aromatic N) is 1. The first kappa shape index (κ1) is 16.7. The minimum absolute atomic E-state index is 0.0814. The van der Waals surface area contributed by atoms with Crippen molar-refractivity contribution in [3.05, 3.63) is 24.3 Å². The number of rotatable bonds is 8. The number of nitrogen functional groups attached to an aromatic ring is 1. The SMILES string of the molecule is CC(CNS(=O)(=O)CCOc1cccc(N)c1)N(C)C. The number of benzene rings is 1. The van der Waals surface area contributed by atoms with E-state index in [1.165, 1.54) is 0 Å². The van der Waals surface area contributed by atoms with Gasteiger partial charge in [0.05, 0.1) is 5.75 Å². The van der Waals surface area contributed by atoms with Gasteiger partial charge in [0.1, 0.15) is 12.4 Å². The molecular weight excluding hydrogens is 278 g/mol. The monoisotopic (exact) mass is 301 g/mol. The van der Waals surface area contributed by atoms with Gasteiger partial charge in [-0.1, -0.05) is 6.07 Å². The molecule has 114 valence electrons. The van der Waals surface area contributed by atoms with Crippen molar-refractivity contribution in [1.82, 2.24) is 9.62 Å². The molecule has 1 aromatic rings. The summed E-state index contributed by atoms with van der Waals surface area (Å²) in [5, 5.41) is 0. The Morgan fingerprint density at radius 1 is 1.40 bits per heavy atom. The molecule has 20 heavy (non-hydrogen) atoms. The summed E-state index contributed by atoms with van der Waals surface area (Å²) in [7, 11) is 0.486. The summed E-state index contributed by atoms with van der Waals surface area (Å²) < 4.78 is 31.5. The van der Waals surface area contributed by atoms with Gasteiger partial charge >= 0.3 is 0 Å². The minimum atomic E-state index is -3.32. The molecule has 0 amide bonds. The zero-order valence-electron chi connectivity index (χ0n) is 12.2. The molecular formula is C13H23N3O3S. The normalized spacial score (nSPS) is 13.4. The first-order chi connectivity index (χ1) is 9.30. The van der Waals surface area contributed by atoms with Crippen molar-refractivity contribution in [2.75, 3.05) is 38.7 Å². The third-order valence-corrected chi connectivity index (χ3v) is 4.27. The zero-order chi connectivity index (χ0) is 15.2. The van der Waals surface area contributed by atoms with Gasteiger partial charge in [-0.25, -0.2) is 13.1 Å². The molecule has 6 nitrogen and oxygen atoms in total. The van der Waals surface area contributed by atoms with Crippen LogP contribution in [0.25, 0.3) is 0 Å². The third kappa shape index (κ3) is 6.23. The summed E-state index contributed by atoms with van der Waals surface area (Å²) in [6, 6.07) is 7.04. The van der Waals surface area contributed by atoms with Gasteiger partial charge < -0.3 is 15.4 Å². The van der Waals surface area contributed by atoms with Crippen molar-refractivity contribution in [3.8, 4) is 5.75 Å². The number of likely N-dealkylation sites (N-methyl/N-ethyl adjacent to an activating group) is 1. The van der Waals surface area contributed by atoms with Crippen molar-refractivity contribution in [3.63, 3.8) is 0 Å². The first-order valence-electron chi connectivity index (χ1n) is 6.42. The topological polar surface area (TPSA) is 84.7 Å². The molecule has 1 rings (SSSR count). The fraction of sp³-hybridized carbons (Fsp3) is 0.538. The van der Waals surface area contributed by atoms with Gasteiger partial charge in [-0.3, -0.25) is 0 Å². The molecule has 0 saturated carbocycles. The van der Waals surface area contributed by atoms with E-state index in [0.717, 1.165) is 0 Å². The van der Waals surface area contributed by atoms with Gasteiger partial charge in [0.25, 0.3) is 0 Å². The maximum atomic E-state index is 11.8. The number of hydrogen-bond acceptors (Lipinski definition) is 5. The van der Waals surface area contributed by atoms with Crippen LogP contribution in [0.3, 0.4) is 0 Å². The van der Waals surface area contributed by atoms with Gasteiger partial charge in [-0.05, 0) is 33.2 Å². The summed E-state index contributed by atoms with van der Waals surface area (Å²) >= 11 is 0. The third-order valence-electron chi connectivity index (χ3n) is 2.96. The molecule has 1 atom stereocenters. The van der Waals surface area contributed by atoms with Crippen LogP contribution in [0.15, 0.2) is 24.3 Å². The molecule has 0 aliphatic carbocycles. The average molecular weight is 301 g/mol. The van der Waals surface area contributed by atoms with Crippen LogP contribution in [-0.4, -0.2) is 52.4 Å². The number of nitrogens with one attached hydrogen (secondary N) is 1. The summed E-state index contributed by atoms with van der Waals surface area (Å²) in [6.07, 6.45) is 0. The predicted octanol–water partition coefficient (Wildman–Crippen LogP) is 0.517. The molecule has 0 aliphatic heterocycles. The van der Waals surface area contributed by atoms with Crippen molar-refractivity contribution in [1.29, 1.82) is 0 Å². The molecule has 3 N–H and O–H groups in total. The van der Waals surface area contributed by atoms with Crippen LogP contribution < -0.4 is 15.2 Å². The lowest BCUT2D eigenvalue weighted by atomic mass is 10.3. The van der Waals surface area contributed by atoms with E-state index in [2.05, 4.69) is 4.72 Å². The molecule has 7 heteroatoms. The van der Waals surface area contributed by atoms with Gasteiger partial charge in [0.15, 0.2) is 0 Å². The Kier molecular flexibility index (Phi) is 6.25. The lowest BCUT2D eigenvalue weighted by Crippen LogP contribution is -2.39. The average Bonchev–Trinajstić information content (AvgIpc) is 2.36. The van der Waals surface area contributed by atoms with Crippen LogP contribution >= 0.6 is 0 Å². The Labute approximate surface area is 121 Å². The van der Waals surface area contributed by atoms with Crippen molar-refractivity contribution in [2.24, 2.45) is 0 Å². The fourth-order valence-electron chi connectivity index (χ4n) is 1.38. The molecule has 0 fully saturated rings. The number of ether oxygens (including phenoxy) is 1. The molecule has 1 aromatic carbocycles. The number of hydrogen-bond donors (Lipinski definition) is 2. The van der Waals surface area contributed by atoms with Crippen molar-refractivity contribution >= 4 is 15.7 Å². The lowest BCUT2D eigenvalue weighted by Gasteiger charge is -2.19. The van der Waals surface area contributed by atoms with E-state index in [1.54, 1.807) is 24.3 Å². The Balaban J connectivity index is 2.36. The molecule has 0 aliphatic rings. The van der Waals surface area contributed by atoms with E-state index >= 15 is 0 Å². The molecule has 0 radical (unpaired) electrons. The van der Waals surface area contributed by atoms with E-state index in [4.69, 9.17) is 10.5 Å².